The summed E-state index contributed by atoms with van der Waals surface area (Å²) in [6.07, 6.45) is 4.47. The van der Waals surface area contributed by atoms with Gasteiger partial charge >= 0.3 is 0 Å². The topological polar surface area (TPSA) is 84.8 Å². The lowest BCUT2D eigenvalue weighted by Crippen LogP contribution is -2.27. The summed E-state index contributed by atoms with van der Waals surface area (Å²) in [6, 6.07) is 8.01. The molecule has 4 rings (SSSR count). The standard InChI is InChI=1S/C20H23N5O2/c1-12-8-17-18(13(2)27-12)23-24-19(17)20(26)21-9-14-6-4-5-7-16(14)15-10-22-25(3)11-15/h4-7,10-13H,8-9H2,1-3H3,(H,21,26)(H,23,24)/t12-,13+/m1/s1. The number of amides is 1. The molecule has 0 bridgehead atoms. The van der Waals surface area contributed by atoms with Crippen LogP contribution in [0.2, 0.25) is 0 Å². The monoisotopic (exact) mass is 365 g/mol. The van der Waals surface area contributed by atoms with Gasteiger partial charge in [0, 0.05) is 37.3 Å². The van der Waals surface area contributed by atoms with Gasteiger partial charge in [-0.15, -0.1) is 0 Å². The van der Waals surface area contributed by atoms with E-state index < -0.39 is 0 Å². The van der Waals surface area contributed by atoms with Gasteiger partial charge in [-0.1, -0.05) is 24.3 Å². The van der Waals surface area contributed by atoms with Gasteiger partial charge in [0.1, 0.15) is 0 Å². The number of hydrogen-bond donors (Lipinski definition) is 2. The Morgan fingerprint density at radius 3 is 2.96 bits per heavy atom. The molecule has 1 aromatic carbocycles. The summed E-state index contributed by atoms with van der Waals surface area (Å²) in [5.74, 6) is -0.171. The molecule has 2 atom stereocenters. The average molecular weight is 365 g/mol. The summed E-state index contributed by atoms with van der Waals surface area (Å²) < 4.78 is 7.56. The molecule has 7 nitrogen and oxygen atoms in total. The fraction of sp³-hybridized carbons (Fsp3) is 0.350. The van der Waals surface area contributed by atoms with E-state index in [1.165, 1.54) is 0 Å². The van der Waals surface area contributed by atoms with Crippen molar-refractivity contribution in [2.24, 2.45) is 7.05 Å². The highest BCUT2D eigenvalue weighted by Crippen LogP contribution is 2.30. The second-order valence-electron chi connectivity index (χ2n) is 7.00. The molecule has 0 radical (unpaired) electrons. The first-order chi connectivity index (χ1) is 13.0. The number of benzene rings is 1. The molecule has 2 N–H and O–H groups in total. The molecule has 0 saturated heterocycles. The Morgan fingerprint density at radius 1 is 1.37 bits per heavy atom. The third-order valence-electron chi connectivity index (χ3n) is 4.92. The Hall–Kier alpha value is -2.93. The number of carbonyl (C=O) groups excluding carboxylic acids is 1. The van der Waals surface area contributed by atoms with Crippen LogP contribution in [0.15, 0.2) is 36.7 Å². The first kappa shape index (κ1) is 17.5. The van der Waals surface area contributed by atoms with Crippen molar-refractivity contribution in [2.45, 2.75) is 39.0 Å². The van der Waals surface area contributed by atoms with Crippen LogP contribution in [0.1, 0.15) is 47.3 Å². The predicted molar refractivity (Wildman–Crippen MR) is 101 cm³/mol. The molecule has 3 heterocycles. The fourth-order valence-corrected chi connectivity index (χ4v) is 3.64. The van der Waals surface area contributed by atoms with Crippen LogP contribution in [0, 0.1) is 0 Å². The lowest BCUT2D eigenvalue weighted by molar-refractivity contribution is -0.00697. The van der Waals surface area contributed by atoms with Crippen LogP contribution in [0.3, 0.4) is 0 Å². The van der Waals surface area contributed by atoms with Crippen molar-refractivity contribution in [3.8, 4) is 11.1 Å². The lowest BCUT2D eigenvalue weighted by Gasteiger charge is -2.25. The first-order valence-electron chi connectivity index (χ1n) is 9.10. The SMILES string of the molecule is C[C@@H]1Cc2c(C(=O)NCc3ccccc3-c3cnn(C)c3)n[nH]c2[C@H](C)O1. The highest BCUT2D eigenvalue weighted by Gasteiger charge is 2.29. The minimum Gasteiger partial charge on any atom is -0.369 e. The van der Waals surface area contributed by atoms with E-state index >= 15 is 0 Å². The van der Waals surface area contributed by atoms with Gasteiger partial charge in [-0.05, 0) is 25.0 Å². The van der Waals surface area contributed by atoms with Crippen molar-refractivity contribution in [2.75, 3.05) is 0 Å². The van der Waals surface area contributed by atoms with E-state index in [0.29, 0.717) is 18.7 Å². The molecule has 1 amide bonds. The van der Waals surface area contributed by atoms with Crippen molar-refractivity contribution in [3.05, 3.63) is 59.2 Å². The van der Waals surface area contributed by atoms with Crippen LogP contribution in [-0.4, -0.2) is 32.0 Å². The molecule has 0 saturated carbocycles. The summed E-state index contributed by atoms with van der Waals surface area (Å²) in [5.41, 5.74) is 5.44. The van der Waals surface area contributed by atoms with Crippen LogP contribution in [-0.2, 0) is 24.8 Å². The fourth-order valence-electron chi connectivity index (χ4n) is 3.64. The smallest absolute Gasteiger partial charge is 0.272 e. The Labute approximate surface area is 157 Å². The number of ether oxygens (including phenoxy) is 1. The number of rotatable bonds is 4. The van der Waals surface area contributed by atoms with Gasteiger partial charge in [0.2, 0.25) is 0 Å². The number of fused-ring (bicyclic) bond motifs is 1. The van der Waals surface area contributed by atoms with Gasteiger partial charge < -0.3 is 10.1 Å². The number of aromatic amines is 1. The molecule has 0 fully saturated rings. The Morgan fingerprint density at radius 2 is 2.19 bits per heavy atom. The number of carbonyl (C=O) groups is 1. The molecular weight excluding hydrogens is 342 g/mol. The highest BCUT2D eigenvalue weighted by molar-refractivity contribution is 5.94. The maximum atomic E-state index is 12.8. The average Bonchev–Trinajstić information content (AvgIpc) is 3.26. The minimum absolute atomic E-state index is 0.0722. The maximum Gasteiger partial charge on any atom is 0.272 e. The zero-order valence-electron chi connectivity index (χ0n) is 15.7. The summed E-state index contributed by atoms with van der Waals surface area (Å²) in [7, 11) is 1.89. The number of nitrogens with zero attached hydrogens (tertiary/aromatic N) is 3. The summed E-state index contributed by atoms with van der Waals surface area (Å²) in [4.78, 5) is 12.8. The largest absolute Gasteiger partial charge is 0.369 e. The van der Waals surface area contributed by atoms with E-state index in [1.54, 1.807) is 4.68 Å². The predicted octanol–water partition coefficient (Wildman–Crippen LogP) is 2.76. The van der Waals surface area contributed by atoms with E-state index in [9.17, 15) is 4.79 Å². The molecule has 27 heavy (non-hydrogen) atoms. The Kier molecular flexibility index (Phi) is 4.53. The number of aryl methyl sites for hydroxylation is 1. The molecule has 0 aliphatic carbocycles. The zero-order valence-corrected chi connectivity index (χ0v) is 15.7. The summed E-state index contributed by atoms with van der Waals surface area (Å²) in [5, 5.41) is 14.5. The molecule has 1 aliphatic heterocycles. The Bertz CT molecular complexity index is 974. The second-order valence-corrected chi connectivity index (χ2v) is 7.00. The molecule has 0 unspecified atom stereocenters. The van der Waals surface area contributed by atoms with Crippen molar-refractivity contribution in [1.29, 1.82) is 0 Å². The van der Waals surface area contributed by atoms with E-state index in [-0.39, 0.29) is 18.1 Å². The third kappa shape index (κ3) is 3.38. The Balaban J connectivity index is 1.53. The van der Waals surface area contributed by atoms with Gasteiger partial charge in [0.15, 0.2) is 5.69 Å². The maximum absolute atomic E-state index is 12.8. The van der Waals surface area contributed by atoms with Gasteiger partial charge in [0.25, 0.3) is 5.91 Å². The first-order valence-corrected chi connectivity index (χ1v) is 9.10. The zero-order chi connectivity index (χ0) is 19.0. The number of aromatic nitrogens is 4. The minimum atomic E-state index is -0.171. The molecule has 1 aliphatic rings. The normalized spacial score (nSPS) is 18.9. The molecule has 140 valence electrons. The summed E-state index contributed by atoms with van der Waals surface area (Å²) in [6.45, 7) is 4.41. The van der Waals surface area contributed by atoms with Gasteiger partial charge in [-0.25, -0.2) is 0 Å². The third-order valence-corrected chi connectivity index (χ3v) is 4.92. The van der Waals surface area contributed by atoms with E-state index in [4.69, 9.17) is 4.74 Å². The summed E-state index contributed by atoms with van der Waals surface area (Å²) >= 11 is 0. The number of nitrogens with one attached hydrogen (secondary N) is 2. The molecule has 0 spiro atoms. The highest BCUT2D eigenvalue weighted by atomic mass is 16.5. The van der Waals surface area contributed by atoms with Crippen molar-refractivity contribution < 1.29 is 9.53 Å². The second kappa shape index (κ2) is 7.00. The number of hydrogen-bond acceptors (Lipinski definition) is 4. The van der Waals surface area contributed by atoms with E-state index in [2.05, 4.69) is 20.6 Å². The van der Waals surface area contributed by atoms with E-state index in [0.717, 1.165) is 27.9 Å². The van der Waals surface area contributed by atoms with Crippen molar-refractivity contribution in [3.63, 3.8) is 0 Å². The van der Waals surface area contributed by atoms with Crippen molar-refractivity contribution in [1.82, 2.24) is 25.3 Å². The molecular formula is C20H23N5O2. The van der Waals surface area contributed by atoms with Crippen LogP contribution >= 0.6 is 0 Å². The number of H-pyrrole nitrogens is 1. The van der Waals surface area contributed by atoms with Crippen LogP contribution in [0.5, 0.6) is 0 Å². The molecule has 7 heteroatoms. The van der Waals surface area contributed by atoms with Gasteiger partial charge in [0.05, 0.1) is 24.1 Å². The lowest BCUT2D eigenvalue weighted by atomic mass is 9.99. The van der Waals surface area contributed by atoms with Gasteiger partial charge in [-0.3, -0.25) is 14.6 Å². The quantitative estimate of drug-likeness (QED) is 0.744. The van der Waals surface area contributed by atoms with Gasteiger partial charge in [-0.2, -0.15) is 10.2 Å². The van der Waals surface area contributed by atoms with Crippen LogP contribution in [0.25, 0.3) is 11.1 Å². The molecule has 2 aromatic heterocycles. The van der Waals surface area contributed by atoms with Crippen LogP contribution < -0.4 is 5.32 Å². The molecule has 3 aromatic rings. The van der Waals surface area contributed by atoms with Crippen molar-refractivity contribution >= 4 is 5.91 Å². The van der Waals surface area contributed by atoms with Crippen LogP contribution in [0.4, 0.5) is 0 Å². The van der Waals surface area contributed by atoms with E-state index in [1.807, 2.05) is 57.6 Å².